The second-order valence-corrected chi connectivity index (χ2v) is 4.72. The van der Waals surface area contributed by atoms with E-state index in [4.69, 9.17) is 9.47 Å². The minimum atomic E-state index is 0.503. The summed E-state index contributed by atoms with van der Waals surface area (Å²) in [6, 6.07) is 8.68. The second kappa shape index (κ2) is 9.59. The Morgan fingerprint density at radius 1 is 1.16 bits per heavy atom. The molecule has 0 aliphatic carbocycles. The van der Waals surface area contributed by atoms with Crippen molar-refractivity contribution in [3.05, 3.63) is 42.5 Å². The second-order valence-electron chi connectivity index (χ2n) is 4.72. The maximum atomic E-state index is 5.60. The summed E-state index contributed by atoms with van der Waals surface area (Å²) in [6.45, 7) is 10.7. The molecular formula is C16H25NO2. The summed E-state index contributed by atoms with van der Waals surface area (Å²) in [5.41, 5.74) is 1.27. The Kier molecular flexibility index (Phi) is 7.94. The van der Waals surface area contributed by atoms with Crippen LogP contribution in [-0.4, -0.2) is 25.9 Å². The zero-order valence-corrected chi connectivity index (χ0v) is 12.0. The Bertz CT molecular complexity index is 346. The standard InChI is InChI=1S/C16H25NO2/c1-4-5-10-18-11-12-19-16-8-6-15(7-9-16)13-17-14(2)3/h4,6-9,14,17H,1,5,10-13H2,2-3H3. The molecule has 0 atom stereocenters. The summed E-state index contributed by atoms with van der Waals surface area (Å²) in [5, 5.41) is 3.38. The molecule has 0 unspecified atom stereocenters. The van der Waals surface area contributed by atoms with Crippen LogP contribution in [0.2, 0.25) is 0 Å². The molecule has 0 amide bonds. The maximum Gasteiger partial charge on any atom is 0.119 e. The quantitative estimate of drug-likeness (QED) is 0.519. The number of ether oxygens (including phenoxy) is 2. The van der Waals surface area contributed by atoms with Gasteiger partial charge in [-0.3, -0.25) is 0 Å². The summed E-state index contributed by atoms with van der Waals surface area (Å²) in [4.78, 5) is 0. The van der Waals surface area contributed by atoms with Crippen molar-refractivity contribution in [2.24, 2.45) is 0 Å². The molecule has 0 bridgehead atoms. The Hall–Kier alpha value is -1.32. The average molecular weight is 263 g/mol. The van der Waals surface area contributed by atoms with Gasteiger partial charge in [-0.25, -0.2) is 0 Å². The highest BCUT2D eigenvalue weighted by atomic mass is 16.5. The molecule has 1 aromatic rings. The van der Waals surface area contributed by atoms with Gasteiger partial charge < -0.3 is 14.8 Å². The van der Waals surface area contributed by atoms with Gasteiger partial charge >= 0.3 is 0 Å². The highest BCUT2D eigenvalue weighted by Crippen LogP contribution is 2.12. The van der Waals surface area contributed by atoms with Crippen molar-refractivity contribution in [1.29, 1.82) is 0 Å². The van der Waals surface area contributed by atoms with Gasteiger partial charge in [0.1, 0.15) is 12.4 Å². The normalized spacial score (nSPS) is 10.7. The number of rotatable bonds is 10. The van der Waals surface area contributed by atoms with Gasteiger partial charge in [-0.2, -0.15) is 0 Å². The summed E-state index contributed by atoms with van der Waals surface area (Å²) in [6.07, 6.45) is 2.74. The third kappa shape index (κ3) is 7.65. The molecule has 0 fully saturated rings. The zero-order valence-electron chi connectivity index (χ0n) is 12.0. The molecule has 0 aliphatic heterocycles. The molecule has 0 radical (unpaired) electrons. The van der Waals surface area contributed by atoms with Crippen LogP contribution in [0.25, 0.3) is 0 Å². The minimum Gasteiger partial charge on any atom is -0.491 e. The molecule has 1 rings (SSSR count). The van der Waals surface area contributed by atoms with E-state index in [1.807, 2.05) is 18.2 Å². The van der Waals surface area contributed by atoms with Gasteiger partial charge in [-0.15, -0.1) is 6.58 Å². The molecule has 0 saturated carbocycles. The van der Waals surface area contributed by atoms with Crippen molar-refractivity contribution in [3.8, 4) is 5.75 Å². The van der Waals surface area contributed by atoms with Crippen molar-refractivity contribution >= 4 is 0 Å². The van der Waals surface area contributed by atoms with Crippen molar-refractivity contribution in [2.75, 3.05) is 19.8 Å². The van der Waals surface area contributed by atoms with E-state index in [2.05, 4.69) is 37.9 Å². The number of hydrogen-bond acceptors (Lipinski definition) is 3. The fourth-order valence-electron chi connectivity index (χ4n) is 1.51. The van der Waals surface area contributed by atoms with Crippen LogP contribution in [0.3, 0.4) is 0 Å². The van der Waals surface area contributed by atoms with Crippen LogP contribution in [0, 0.1) is 0 Å². The van der Waals surface area contributed by atoms with Crippen molar-refractivity contribution in [2.45, 2.75) is 32.9 Å². The first kappa shape index (κ1) is 15.7. The predicted octanol–water partition coefficient (Wildman–Crippen LogP) is 3.16. The van der Waals surface area contributed by atoms with Gasteiger partial charge in [-0.05, 0) is 24.1 Å². The van der Waals surface area contributed by atoms with Crippen LogP contribution in [0.15, 0.2) is 36.9 Å². The lowest BCUT2D eigenvalue weighted by molar-refractivity contribution is 0.103. The Morgan fingerprint density at radius 3 is 2.53 bits per heavy atom. The van der Waals surface area contributed by atoms with Crippen LogP contribution in [-0.2, 0) is 11.3 Å². The highest BCUT2D eigenvalue weighted by molar-refractivity contribution is 5.27. The Morgan fingerprint density at radius 2 is 1.89 bits per heavy atom. The molecule has 19 heavy (non-hydrogen) atoms. The van der Waals surface area contributed by atoms with Crippen LogP contribution in [0.5, 0.6) is 5.75 Å². The first-order valence-electron chi connectivity index (χ1n) is 6.86. The Balaban J connectivity index is 2.18. The summed E-state index contributed by atoms with van der Waals surface area (Å²) in [5.74, 6) is 0.889. The fraction of sp³-hybridized carbons (Fsp3) is 0.500. The third-order valence-corrected chi connectivity index (χ3v) is 2.60. The SMILES string of the molecule is C=CCCOCCOc1ccc(CNC(C)C)cc1. The smallest absolute Gasteiger partial charge is 0.119 e. The summed E-state index contributed by atoms with van der Waals surface area (Å²) in [7, 11) is 0. The van der Waals surface area contributed by atoms with E-state index in [9.17, 15) is 0 Å². The molecule has 3 heteroatoms. The number of benzene rings is 1. The third-order valence-electron chi connectivity index (χ3n) is 2.60. The Labute approximate surface area is 116 Å². The van der Waals surface area contributed by atoms with Gasteiger partial charge in [0.15, 0.2) is 0 Å². The maximum absolute atomic E-state index is 5.60. The van der Waals surface area contributed by atoms with Gasteiger partial charge in [0.05, 0.1) is 13.2 Å². The monoisotopic (exact) mass is 263 g/mol. The van der Waals surface area contributed by atoms with Gasteiger partial charge in [-0.1, -0.05) is 32.1 Å². The largest absolute Gasteiger partial charge is 0.491 e. The average Bonchev–Trinajstić information content (AvgIpc) is 2.41. The lowest BCUT2D eigenvalue weighted by Gasteiger charge is -2.10. The molecule has 106 valence electrons. The van der Waals surface area contributed by atoms with Crippen LogP contribution < -0.4 is 10.1 Å². The van der Waals surface area contributed by atoms with E-state index in [1.54, 1.807) is 0 Å². The minimum absolute atomic E-state index is 0.503. The van der Waals surface area contributed by atoms with E-state index in [0.29, 0.717) is 25.9 Å². The molecule has 0 aromatic heterocycles. The zero-order chi connectivity index (χ0) is 13.9. The first-order valence-corrected chi connectivity index (χ1v) is 6.86. The van der Waals surface area contributed by atoms with Gasteiger partial charge in [0.25, 0.3) is 0 Å². The molecule has 1 N–H and O–H groups in total. The lowest BCUT2D eigenvalue weighted by atomic mass is 10.2. The number of nitrogens with one attached hydrogen (secondary N) is 1. The van der Waals surface area contributed by atoms with Crippen LogP contribution in [0.4, 0.5) is 0 Å². The molecule has 1 aromatic carbocycles. The van der Waals surface area contributed by atoms with Gasteiger partial charge in [0, 0.05) is 12.6 Å². The topological polar surface area (TPSA) is 30.5 Å². The van der Waals surface area contributed by atoms with Crippen LogP contribution in [0.1, 0.15) is 25.8 Å². The first-order chi connectivity index (χ1) is 9.22. The van der Waals surface area contributed by atoms with Crippen molar-refractivity contribution in [1.82, 2.24) is 5.32 Å². The van der Waals surface area contributed by atoms with Gasteiger partial charge in [0.2, 0.25) is 0 Å². The van der Waals surface area contributed by atoms with Crippen molar-refractivity contribution in [3.63, 3.8) is 0 Å². The summed E-state index contributed by atoms with van der Waals surface area (Å²) < 4.78 is 11.0. The van der Waals surface area contributed by atoms with E-state index in [1.165, 1.54) is 5.56 Å². The molecular weight excluding hydrogens is 238 g/mol. The summed E-state index contributed by atoms with van der Waals surface area (Å²) >= 11 is 0. The highest BCUT2D eigenvalue weighted by Gasteiger charge is 1.97. The van der Waals surface area contributed by atoms with E-state index < -0.39 is 0 Å². The fourth-order valence-corrected chi connectivity index (χ4v) is 1.51. The molecule has 0 saturated heterocycles. The molecule has 0 aliphatic rings. The van der Waals surface area contributed by atoms with Crippen molar-refractivity contribution < 1.29 is 9.47 Å². The molecule has 0 spiro atoms. The molecule has 0 heterocycles. The van der Waals surface area contributed by atoms with E-state index in [-0.39, 0.29) is 0 Å². The van der Waals surface area contributed by atoms with E-state index >= 15 is 0 Å². The van der Waals surface area contributed by atoms with E-state index in [0.717, 1.165) is 18.7 Å². The van der Waals surface area contributed by atoms with Crippen LogP contribution >= 0.6 is 0 Å². The number of hydrogen-bond donors (Lipinski definition) is 1. The lowest BCUT2D eigenvalue weighted by Crippen LogP contribution is -2.21. The molecule has 3 nitrogen and oxygen atoms in total. The predicted molar refractivity (Wildman–Crippen MR) is 79.5 cm³/mol.